The second kappa shape index (κ2) is 7.15. The molecule has 0 saturated heterocycles. The standard InChI is InChI=1S/C19H11Cl2N3O2S/c20-12-2-1-3-13(21)17(12)23-19-24-18(26)15(27-19)9-10-4-6-14-11(8-10)5-7-16(25)22-14/h1-9,26H,(H,23,24)/b10-9+. The van der Waals surface area contributed by atoms with Gasteiger partial charge in [0.05, 0.1) is 26.0 Å². The summed E-state index contributed by atoms with van der Waals surface area (Å²) in [6.45, 7) is 0. The summed E-state index contributed by atoms with van der Waals surface area (Å²) >= 11 is 13.6. The highest BCUT2D eigenvalue weighted by molar-refractivity contribution is 7.16. The number of benzene rings is 2. The Bertz CT molecular complexity index is 1200. The molecule has 5 nitrogen and oxygen atoms in total. The summed E-state index contributed by atoms with van der Waals surface area (Å²) in [4.78, 5) is 20.0. The van der Waals surface area contributed by atoms with Crippen LogP contribution in [-0.2, 0) is 4.79 Å². The van der Waals surface area contributed by atoms with Crippen LogP contribution in [0.4, 0.5) is 10.8 Å². The number of anilines is 2. The first-order valence-electron chi connectivity index (χ1n) is 7.83. The molecule has 0 spiro atoms. The predicted octanol–water partition coefficient (Wildman–Crippen LogP) is 3.90. The van der Waals surface area contributed by atoms with E-state index in [2.05, 4.69) is 15.3 Å². The van der Waals surface area contributed by atoms with Crippen molar-refractivity contribution in [1.29, 1.82) is 0 Å². The first-order valence-corrected chi connectivity index (χ1v) is 9.40. The van der Waals surface area contributed by atoms with E-state index in [1.807, 2.05) is 12.1 Å². The van der Waals surface area contributed by atoms with Crippen molar-refractivity contribution in [2.24, 2.45) is 4.99 Å². The van der Waals surface area contributed by atoms with Crippen molar-refractivity contribution in [3.63, 3.8) is 0 Å². The number of rotatable bonds is 3. The lowest BCUT2D eigenvalue weighted by molar-refractivity contribution is -0.113. The van der Waals surface area contributed by atoms with Crippen LogP contribution >= 0.6 is 34.5 Å². The zero-order valence-corrected chi connectivity index (χ0v) is 15.9. The molecule has 0 aliphatic carbocycles. The molecule has 3 aromatic rings. The first-order chi connectivity index (χ1) is 13.0. The quantitative estimate of drug-likeness (QED) is 0.679. The Morgan fingerprint density at radius 3 is 2.67 bits per heavy atom. The Kier molecular flexibility index (Phi) is 4.70. The number of fused-ring (bicyclic) bond motifs is 1. The maximum absolute atomic E-state index is 11.3. The van der Waals surface area contributed by atoms with E-state index in [1.165, 1.54) is 17.4 Å². The number of nitrogens with zero attached hydrogens (tertiary/aromatic N) is 2. The first kappa shape index (κ1) is 17.7. The molecule has 8 heteroatoms. The largest absolute Gasteiger partial charge is 0.492 e. The fourth-order valence-corrected chi connectivity index (χ4v) is 3.88. The van der Waals surface area contributed by atoms with E-state index in [9.17, 15) is 9.90 Å². The molecule has 0 saturated carbocycles. The van der Waals surface area contributed by atoms with Crippen LogP contribution < -0.4 is 15.9 Å². The van der Waals surface area contributed by atoms with E-state index < -0.39 is 0 Å². The van der Waals surface area contributed by atoms with Crippen LogP contribution in [0.5, 0.6) is 5.88 Å². The average molecular weight is 416 g/mol. The number of carbonyl (C=O) groups excluding carboxylic acids is 1. The van der Waals surface area contributed by atoms with E-state index in [0.29, 0.717) is 31.1 Å². The lowest BCUT2D eigenvalue weighted by Gasteiger charge is -2.06. The Morgan fingerprint density at radius 1 is 1.11 bits per heavy atom. The summed E-state index contributed by atoms with van der Waals surface area (Å²) in [7, 11) is 0. The number of hydrogen-bond donors (Lipinski definition) is 2. The van der Waals surface area contributed by atoms with Crippen molar-refractivity contribution in [2.75, 3.05) is 5.32 Å². The zero-order chi connectivity index (χ0) is 19.0. The maximum atomic E-state index is 11.3. The molecule has 134 valence electrons. The molecule has 0 radical (unpaired) electrons. The monoisotopic (exact) mass is 415 g/mol. The van der Waals surface area contributed by atoms with Gasteiger partial charge in [0, 0.05) is 11.6 Å². The third kappa shape index (κ3) is 3.73. The number of aromatic nitrogens is 1. The van der Waals surface area contributed by atoms with Crippen molar-refractivity contribution >= 4 is 63.4 Å². The van der Waals surface area contributed by atoms with Gasteiger partial charge in [-0.25, -0.2) is 4.99 Å². The molecule has 1 aliphatic heterocycles. The summed E-state index contributed by atoms with van der Waals surface area (Å²) in [5.74, 6) is -0.368. The van der Waals surface area contributed by atoms with Crippen LogP contribution in [0, 0.1) is 0 Å². The highest BCUT2D eigenvalue weighted by Crippen LogP contribution is 2.36. The van der Waals surface area contributed by atoms with E-state index in [-0.39, 0.29) is 11.8 Å². The van der Waals surface area contributed by atoms with Crippen molar-refractivity contribution < 1.29 is 9.90 Å². The second-order valence-electron chi connectivity index (χ2n) is 5.67. The number of halogens is 2. The summed E-state index contributed by atoms with van der Waals surface area (Å²) < 4.78 is 0. The maximum Gasteiger partial charge on any atom is 0.270 e. The SMILES string of the molecule is O=C1C=Cc2c/c(=C/c3sc(Nc4c(Cl)cccc4Cl)nc3O)ccc2=N1. The van der Waals surface area contributed by atoms with E-state index in [0.717, 1.165) is 10.8 Å². The molecule has 1 aliphatic rings. The highest BCUT2D eigenvalue weighted by Gasteiger charge is 2.12. The minimum atomic E-state index is -0.270. The van der Waals surface area contributed by atoms with Gasteiger partial charge in [0.15, 0.2) is 5.13 Å². The Hall–Kier alpha value is -2.67. The van der Waals surface area contributed by atoms with Crippen LogP contribution in [0.2, 0.25) is 10.0 Å². The fraction of sp³-hybridized carbons (Fsp3) is 0. The number of thiazole rings is 1. The van der Waals surface area contributed by atoms with Crippen LogP contribution in [0.15, 0.2) is 47.5 Å². The van der Waals surface area contributed by atoms with E-state index in [4.69, 9.17) is 23.2 Å². The summed E-state index contributed by atoms with van der Waals surface area (Å²) in [6, 6.07) is 10.7. The lowest BCUT2D eigenvalue weighted by Crippen LogP contribution is -2.16. The molecule has 27 heavy (non-hydrogen) atoms. The molecular formula is C19H11Cl2N3O2S. The van der Waals surface area contributed by atoms with Crippen molar-refractivity contribution in [3.05, 3.63) is 73.5 Å². The fourth-order valence-electron chi connectivity index (χ4n) is 2.56. The third-order valence-corrected chi connectivity index (χ3v) is 5.35. The molecule has 1 amide bonds. The minimum Gasteiger partial charge on any atom is -0.492 e. The summed E-state index contributed by atoms with van der Waals surface area (Å²) in [5, 5.41) is 16.1. The van der Waals surface area contributed by atoms with Crippen molar-refractivity contribution in [1.82, 2.24) is 4.98 Å². The van der Waals surface area contributed by atoms with Gasteiger partial charge in [-0.2, -0.15) is 4.98 Å². The van der Waals surface area contributed by atoms with Gasteiger partial charge in [-0.15, -0.1) is 0 Å². The zero-order valence-electron chi connectivity index (χ0n) is 13.6. The van der Waals surface area contributed by atoms with E-state index in [1.54, 1.807) is 36.4 Å². The number of aromatic hydroxyl groups is 1. The van der Waals surface area contributed by atoms with Crippen LogP contribution in [0.25, 0.3) is 12.2 Å². The van der Waals surface area contributed by atoms with Gasteiger partial charge in [-0.1, -0.05) is 46.7 Å². The lowest BCUT2D eigenvalue weighted by atomic mass is 10.1. The normalized spacial score (nSPS) is 13.4. The number of nitrogens with one attached hydrogen (secondary N) is 1. The molecule has 0 fully saturated rings. The molecule has 2 N–H and O–H groups in total. The number of amides is 1. The third-order valence-electron chi connectivity index (χ3n) is 3.81. The van der Waals surface area contributed by atoms with Gasteiger partial charge in [0.2, 0.25) is 5.88 Å². The number of carbonyl (C=O) groups is 1. The van der Waals surface area contributed by atoms with Gasteiger partial charge < -0.3 is 10.4 Å². The molecule has 0 unspecified atom stereocenters. The highest BCUT2D eigenvalue weighted by atomic mass is 35.5. The Balaban J connectivity index is 1.68. The van der Waals surface area contributed by atoms with Crippen LogP contribution in [0.1, 0.15) is 10.4 Å². The van der Waals surface area contributed by atoms with Gasteiger partial charge in [0.1, 0.15) is 0 Å². The van der Waals surface area contributed by atoms with Gasteiger partial charge in [-0.05, 0) is 41.6 Å². The van der Waals surface area contributed by atoms with E-state index >= 15 is 0 Å². The molecule has 4 rings (SSSR count). The number of para-hydroxylation sites is 1. The van der Waals surface area contributed by atoms with Crippen LogP contribution in [0.3, 0.4) is 0 Å². The average Bonchev–Trinajstić information content (AvgIpc) is 2.98. The number of hydrogen-bond acceptors (Lipinski definition) is 5. The summed E-state index contributed by atoms with van der Waals surface area (Å²) in [6.07, 6.45) is 4.95. The van der Waals surface area contributed by atoms with Crippen molar-refractivity contribution in [2.45, 2.75) is 0 Å². The molecule has 1 aromatic heterocycles. The Labute approximate surface area is 167 Å². The smallest absolute Gasteiger partial charge is 0.270 e. The molecule has 2 aromatic carbocycles. The summed E-state index contributed by atoms with van der Waals surface area (Å²) in [5.41, 5.74) is 1.37. The van der Waals surface area contributed by atoms with Gasteiger partial charge in [-0.3, -0.25) is 4.79 Å². The molecule has 2 heterocycles. The van der Waals surface area contributed by atoms with Gasteiger partial charge in [0.25, 0.3) is 5.91 Å². The van der Waals surface area contributed by atoms with Gasteiger partial charge >= 0.3 is 0 Å². The topological polar surface area (TPSA) is 74.6 Å². The second-order valence-corrected chi connectivity index (χ2v) is 7.52. The Morgan fingerprint density at radius 2 is 1.89 bits per heavy atom. The molecule has 0 atom stereocenters. The predicted molar refractivity (Wildman–Crippen MR) is 108 cm³/mol. The van der Waals surface area contributed by atoms with Crippen molar-refractivity contribution in [3.8, 4) is 5.88 Å². The molecule has 0 bridgehead atoms. The van der Waals surface area contributed by atoms with Crippen LogP contribution in [-0.4, -0.2) is 16.0 Å². The minimum absolute atomic E-state index is 0.0983. The molecular weight excluding hydrogens is 405 g/mol.